The molecule has 28 heavy (non-hydrogen) atoms. The summed E-state index contributed by atoms with van der Waals surface area (Å²) in [6.07, 6.45) is 1.54. The Bertz CT molecular complexity index is 444. The van der Waals surface area contributed by atoms with Crippen LogP contribution in [-0.4, -0.2) is 123 Å². The van der Waals surface area contributed by atoms with E-state index in [1.54, 1.807) is 23.6 Å². The summed E-state index contributed by atoms with van der Waals surface area (Å²) in [5.74, 6) is -0.656. The topological polar surface area (TPSA) is 99.7 Å². The van der Waals surface area contributed by atoms with Crippen LogP contribution in [0.3, 0.4) is 0 Å². The average Bonchev–Trinajstić information content (AvgIpc) is 2.66. The van der Waals surface area contributed by atoms with Gasteiger partial charge in [0, 0.05) is 52.4 Å². The lowest BCUT2D eigenvalue weighted by atomic mass is 10.3. The van der Waals surface area contributed by atoms with Crippen LogP contribution in [0.15, 0.2) is 0 Å². The molecule has 10 heteroatoms. The van der Waals surface area contributed by atoms with Crippen LogP contribution in [0.4, 0.5) is 0 Å². The SMILES string of the molecule is CCOC(=O)CN1CCN(C=O)CCN(CC(=O)OCC)CCN(C=O)CC1. The maximum atomic E-state index is 11.8. The van der Waals surface area contributed by atoms with Gasteiger partial charge < -0.3 is 19.3 Å². The minimum atomic E-state index is -0.328. The summed E-state index contributed by atoms with van der Waals surface area (Å²) in [6.45, 7) is 8.06. The molecule has 0 aromatic rings. The average molecular weight is 400 g/mol. The van der Waals surface area contributed by atoms with Crippen molar-refractivity contribution in [2.24, 2.45) is 0 Å². The lowest BCUT2D eigenvalue weighted by Crippen LogP contribution is -2.47. The first-order valence-corrected chi connectivity index (χ1v) is 9.67. The lowest BCUT2D eigenvalue weighted by molar-refractivity contribution is -0.145. The van der Waals surface area contributed by atoms with Gasteiger partial charge in [-0.1, -0.05) is 0 Å². The zero-order valence-electron chi connectivity index (χ0n) is 16.9. The third-order valence-corrected chi connectivity index (χ3v) is 4.43. The fraction of sp³-hybridized carbons (Fsp3) is 0.778. The summed E-state index contributed by atoms with van der Waals surface area (Å²) in [6, 6.07) is 0. The van der Waals surface area contributed by atoms with Gasteiger partial charge in [-0.2, -0.15) is 0 Å². The molecule has 160 valence electrons. The van der Waals surface area contributed by atoms with Crippen molar-refractivity contribution in [2.75, 3.05) is 78.7 Å². The Balaban J connectivity index is 2.76. The van der Waals surface area contributed by atoms with Crippen molar-refractivity contribution in [1.82, 2.24) is 19.6 Å². The minimum absolute atomic E-state index is 0.113. The number of esters is 2. The fourth-order valence-corrected chi connectivity index (χ4v) is 2.83. The first kappa shape index (κ1) is 23.8. The van der Waals surface area contributed by atoms with Crippen LogP contribution in [0.25, 0.3) is 0 Å². The van der Waals surface area contributed by atoms with E-state index < -0.39 is 0 Å². The summed E-state index contributed by atoms with van der Waals surface area (Å²) >= 11 is 0. The molecule has 1 saturated heterocycles. The van der Waals surface area contributed by atoms with Gasteiger partial charge >= 0.3 is 11.9 Å². The molecule has 2 amide bonds. The number of carbonyl (C=O) groups excluding carboxylic acids is 4. The minimum Gasteiger partial charge on any atom is -0.465 e. The van der Waals surface area contributed by atoms with Crippen LogP contribution in [0, 0.1) is 0 Å². The van der Waals surface area contributed by atoms with Gasteiger partial charge in [0.2, 0.25) is 12.8 Å². The zero-order chi connectivity index (χ0) is 20.8. The summed E-state index contributed by atoms with van der Waals surface area (Å²) in [5.41, 5.74) is 0. The summed E-state index contributed by atoms with van der Waals surface area (Å²) < 4.78 is 9.99. The molecule has 1 aliphatic rings. The van der Waals surface area contributed by atoms with E-state index >= 15 is 0 Å². The standard InChI is InChI=1S/C18H32N4O6/c1-3-27-17(25)13-19-5-9-21(15-23)11-7-20(14-18(26)28-4-2)8-12-22(16-24)10-6-19/h15-16H,3-14H2,1-2H3. The van der Waals surface area contributed by atoms with E-state index in [2.05, 4.69) is 0 Å². The molecular formula is C18H32N4O6. The number of nitrogens with zero attached hydrogens (tertiary/aromatic N) is 4. The molecule has 0 unspecified atom stereocenters. The van der Waals surface area contributed by atoms with Crippen molar-refractivity contribution in [3.05, 3.63) is 0 Å². The fourth-order valence-electron chi connectivity index (χ4n) is 2.83. The molecule has 10 nitrogen and oxygen atoms in total. The van der Waals surface area contributed by atoms with Gasteiger partial charge in [-0.05, 0) is 13.8 Å². The van der Waals surface area contributed by atoms with Crippen molar-refractivity contribution in [2.45, 2.75) is 13.8 Å². The molecule has 1 rings (SSSR count). The predicted molar refractivity (Wildman–Crippen MR) is 101 cm³/mol. The third kappa shape index (κ3) is 9.65. The van der Waals surface area contributed by atoms with Crippen LogP contribution in [0.1, 0.15) is 13.8 Å². The number of ether oxygens (including phenoxy) is 2. The number of hydrogen-bond acceptors (Lipinski definition) is 8. The van der Waals surface area contributed by atoms with Gasteiger partial charge in [-0.15, -0.1) is 0 Å². The third-order valence-electron chi connectivity index (χ3n) is 4.43. The second-order valence-electron chi connectivity index (χ2n) is 6.45. The Morgan fingerprint density at radius 3 is 1.25 bits per heavy atom. The molecule has 0 radical (unpaired) electrons. The van der Waals surface area contributed by atoms with Crippen LogP contribution >= 0.6 is 0 Å². The highest BCUT2D eigenvalue weighted by Crippen LogP contribution is 2.00. The molecule has 1 aliphatic heterocycles. The zero-order valence-corrected chi connectivity index (χ0v) is 16.9. The highest BCUT2D eigenvalue weighted by atomic mass is 16.5. The van der Waals surface area contributed by atoms with E-state index in [1.807, 2.05) is 9.80 Å². The van der Waals surface area contributed by atoms with Gasteiger partial charge in [-0.25, -0.2) is 0 Å². The molecular weight excluding hydrogens is 368 g/mol. The molecule has 0 saturated carbocycles. The molecule has 0 aromatic heterocycles. The Morgan fingerprint density at radius 1 is 0.679 bits per heavy atom. The summed E-state index contributed by atoms with van der Waals surface area (Å²) in [7, 11) is 0. The van der Waals surface area contributed by atoms with Crippen molar-refractivity contribution in [3.8, 4) is 0 Å². The van der Waals surface area contributed by atoms with Gasteiger partial charge in [0.1, 0.15) is 0 Å². The van der Waals surface area contributed by atoms with Gasteiger partial charge in [0.15, 0.2) is 0 Å². The van der Waals surface area contributed by atoms with Crippen molar-refractivity contribution < 1.29 is 28.7 Å². The van der Waals surface area contributed by atoms with E-state index in [9.17, 15) is 19.2 Å². The van der Waals surface area contributed by atoms with Crippen LogP contribution in [0.5, 0.6) is 0 Å². The monoisotopic (exact) mass is 400 g/mol. The van der Waals surface area contributed by atoms with Crippen LogP contribution in [-0.2, 0) is 28.7 Å². The lowest BCUT2D eigenvalue weighted by Gasteiger charge is -2.31. The molecule has 0 aromatic carbocycles. The van der Waals surface area contributed by atoms with Gasteiger partial charge in [0.25, 0.3) is 0 Å². The Labute approximate surface area is 166 Å². The van der Waals surface area contributed by atoms with Crippen molar-refractivity contribution in [1.29, 1.82) is 0 Å². The smallest absolute Gasteiger partial charge is 0.320 e. The maximum Gasteiger partial charge on any atom is 0.320 e. The van der Waals surface area contributed by atoms with Crippen LogP contribution in [0.2, 0.25) is 0 Å². The molecule has 1 heterocycles. The van der Waals surface area contributed by atoms with Gasteiger partial charge in [-0.3, -0.25) is 29.0 Å². The maximum absolute atomic E-state index is 11.8. The summed E-state index contributed by atoms with van der Waals surface area (Å²) in [5, 5.41) is 0. The number of amides is 2. The van der Waals surface area contributed by atoms with E-state index in [1.165, 1.54) is 0 Å². The molecule has 0 spiro atoms. The highest BCUT2D eigenvalue weighted by Gasteiger charge is 2.18. The predicted octanol–water partition coefficient (Wildman–Crippen LogP) is -1.35. The largest absolute Gasteiger partial charge is 0.465 e. The first-order chi connectivity index (χ1) is 13.5. The number of rotatable bonds is 8. The quantitative estimate of drug-likeness (QED) is 0.364. The summed E-state index contributed by atoms with van der Waals surface area (Å²) in [4.78, 5) is 53.4. The highest BCUT2D eigenvalue weighted by molar-refractivity contribution is 5.72. The second kappa shape index (κ2) is 13.9. The Kier molecular flexibility index (Phi) is 11.8. The van der Waals surface area contributed by atoms with E-state index in [-0.39, 0.29) is 25.0 Å². The molecule has 0 N–H and O–H groups in total. The number of carbonyl (C=O) groups is 4. The molecule has 0 atom stereocenters. The van der Waals surface area contributed by atoms with E-state index in [0.717, 1.165) is 12.8 Å². The van der Waals surface area contributed by atoms with Crippen molar-refractivity contribution in [3.63, 3.8) is 0 Å². The molecule has 1 fully saturated rings. The first-order valence-electron chi connectivity index (χ1n) is 9.67. The normalized spacial score (nSPS) is 17.9. The van der Waals surface area contributed by atoms with E-state index in [4.69, 9.17) is 9.47 Å². The van der Waals surface area contributed by atoms with Crippen molar-refractivity contribution >= 4 is 24.8 Å². The van der Waals surface area contributed by atoms with E-state index in [0.29, 0.717) is 65.6 Å². The number of hydrogen-bond donors (Lipinski definition) is 0. The van der Waals surface area contributed by atoms with Gasteiger partial charge in [0.05, 0.1) is 26.3 Å². The molecule has 0 bridgehead atoms. The molecule has 0 aliphatic carbocycles. The van der Waals surface area contributed by atoms with Crippen LogP contribution < -0.4 is 0 Å². The Hall–Kier alpha value is -2.20. The Morgan fingerprint density at radius 2 is 1.00 bits per heavy atom. The second-order valence-corrected chi connectivity index (χ2v) is 6.45.